The number of aliphatic hydroxyl groups is 1. The fourth-order valence-electron chi connectivity index (χ4n) is 1.62. The molecule has 1 aromatic heterocycles. The lowest BCUT2D eigenvalue weighted by molar-refractivity contribution is 0.0922. The maximum Gasteiger partial charge on any atom is 0.287 e. The lowest BCUT2D eigenvalue weighted by Crippen LogP contribution is -2.24. The number of anilines is 1. The molecule has 7 heteroatoms. The van der Waals surface area contributed by atoms with E-state index in [1.54, 1.807) is 6.20 Å². The highest BCUT2D eigenvalue weighted by Gasteiger charge is 2.08. The summed E-state index contributed by atoms with van der Waals surface area (Å²) >= 11 is 6.04. The fraction of sp³-hybridized carbons (Fsp3) is 0.692. The molecule has 0 aliphatic heterocycles. The summed E-state index contributed by atoms with van der Waals surface area (Å²) in [6.45, 7) is 4.19. The highest BCUT2D eigenvalue weighted by atomic mass is 35.5. The summed E-state index contributed by atoms with van der Waals surface area (Å²) in [7, 11) is 0. The van der Waals surface area contributed by atoms with Crippen molar-refractivity contribution in [1.82, 2.24) is 9.78 Å². The number of unbranched alkanes of at least 4 members (excludes halogenated alkanes) is 1. The van der Waals surface area contributed by atoms with Crippen molar-refractivity contribution in [2.75, 3.05) is 31.7 Å². The van der Waals surface area contributed by atoms with Gasteiger partial charge in [0.2, 0.25) is 0 Å². The van der Waals surface area contributed by atoms with E-state index < -0.39 is 0 Å². The molecule has 1 rings (SSSR count). The quantitative estimate of drug-likeness (QED) is 0.641. The summed E-state index contributed by atoms with van der Waals surface area (Å²) in [6, 6.07) is 0. The molecule has 0 atom stereocenters. The number of aliphatic hydroxyl groups excluding tert-OH is 1. The maximum absolute atomic E-state index is 11.9. The highest BCUT2D eigenvalue weighted by Crippen LogP contribution is 2.15. The molecule has 1 heterocycles. The molecule has 0 spiro atoms. The van der Waals surface area contributed by atoms with Crippen LogP contribution in [0, 0.1) is 0 Å². The van der Waals surface area contributed by atoms with Crippen molar-refractivity contribution in [1.29, 1.82) is 0 Å². The van der Waals surface area contributed by atoms with Crippen molar-refractivity contribution < 1.29 is 9.84 Å². The average molecular weight is 304 g/mol. The molecule has 0 aliphatic rings. The summed E-state index contributed by atoms with van der Waals surface area (Å²) in [5, 5.41) is 15.9. The molecular weight excluding hydrogens is 282 g/mol. The topological polar surface area (TPSA) is 76.4 Å². The first kappa shape index (κ1) is 16.9. The molecule has 2 N–H and O–H groups in total. The lowest BCUT2D eigenvalue weighted by atomic mass is 10.3. The molecule has 20 heavy (non-hydrogen) atoms. The van der Waals surface area contributed by atoms with Gasteiger partial charge in [0.15, 0.2) is 0 Å². The number of nitrogens with zero attached hydrogens (tertiary/aromatic N) is 2. The molecule has 6 nitrogen and oxygen atoms in total. The van der Waals surface area contributed by atoms with Gasteiger partial charge in [0.25, 0.3) is 5.56 Å². The maximum atomic E-state index is 11.9. The van der Waals surface area contributed by atoms with Gasteiger partial charge < -0.3 is 15.2 Å². The summed E-state index contributed by atoms with van der Waals surface area (Å²) in [6.07, 6.45) is 4.24. The second kappa shape index (κ2) is 9.74. The highest BCUT2D eigenvalue weighted by molar-refractivity contribution is 6.32. The Labute approximate surface area is 123 Å². The Bertz CT molecular complexity index is 451. The number of halogens is 1. The van der Waals surface area contributed by atoms with E-state index in [1.807, 2.05) is 0 Å². The Morgan fingerprint density at radius 3 is 2.95 bits per heavy atom. The number of aromatic nitrogens is 2. The number of hydrogen-bond acceptors (Lipinski definition) is 5. The fourth-order valence-corrected chi connectivity index (χ4v) is 1.83. The first-order valence-corrected chi connectivity index (χ1v) is 7.26. The number of rotatable bonds is 10. The van der Waals surface area contributed by atoms with E-state index in [2.05, 4.69) is 17.3 Å². The molecular formula is C13H22ClN3O3. The van der Waals surface area contributed by atoms with Gasteiger partial charge in [-0.15, -0.1) is 0 Å². The van der Waals surface area contributed by atoms with Crippen LogP contribution in [-0.4, -0.2) is 41.3 Å². The Morgan fingerprint density at radius 1 is 1.45 bits per heavy atom. The standard InChI is InChI=1S/C13H22ClN3O3/c1-2-3-6-17-13(19)12(14)11(10-16-17)15-5-4-8-20-9-7-18/h10,15,18H,2-9H2,1H3. The van der Waals surface area contributed by atoms with Crippen molar-refractivity contribution in [2.45, 2.75) is 32.7 Å². The molecule has 0 unspecified atom stereocenters. The van der Waals surface area contributed by atoms with Gasteiger partial charge in [-0.1, -0.05) is 24.9 Å². The number of ether oxygens (including phenoxy) is 1. The number of aryl methyl sites for hydroxylation is 1. The number of nitrogens with one attached hydrogen (secondary N) is 1. The zero-order valence-corrected chi connectivity index (χ0v) is 12.5. The molecule has 0 aromatic carbocycles. The normalized spacial score (nSPS) is 10.8. The SMILES string of the molecule is CCCCn1ncc(NCCCOCCO)c(Cl)c1=O. The molecule has 0 aliphatic carbocycles. The van der Waals surface area contributed by atoms with Gasteiger partial charge in [-0.05, 0) is 12.8 Å². The third kappa shape index (κ3) is 5.48. The van der Waals surface area contributed by atoms with Crippen LogP contribution in [0.25, 0.3) is 0 Å². The third-order valence-electron chi connectivity index (χ3n) is 2.72. The monoisotopic (exact) mass is 303 g/mol. The largest absolute Gasteiger partial charge is 0.394 e. The minimum Gasteiger partial charge on any atom is -0.394 e. The summed E-state index contributed by atoms with van der Waals surface area (Å²) in [5.41, 5.74) is 0.285. The van der Waals surface area contributed by atoms with Crippen LogP contribution in [0.5, 0.6) is 0 Å². The minimum atomic E-state index is -0.262. The lowest BCUT2D eigenvalue weighted by Gasteiger charge is -2.10. The van der Waals surface area contributed by atoms with E-state index in [0.717, 1.165) is 19.3 Å². The zero-order chi connectivity index (χ0) is 14.8. The summed E-state index contributed by atoms with van der Waals surface area (Å²) in [5.74, 6) is 0. The summed E-state index contributed by atoms with van der Waals surface area (Å²) in [4.78, 5) is 11.9. The van der Waals surface area contributed by atoms with Crippen molar-refractivity contribution >= 4 is 17.3 Å². The predicted octanol–water partition coefficient (Wildman–Crippen LogP) is 1.51. The van der Waals surface area contributed by atoms with E-state index in [0.29, 0.717) is 32.0 Å². The van der Waals surface area contributed by atoms with Crippen molar-refractivity contribution in [3.63, 3.8) is 0 Å². The van der Waals surface area contributed by atoms with Gasteiger partial charge in [-0.25, -0.2) is 4.68 Å². The Balaban J connectivity index is 2.47. The van der Waals surface area contributed by atoms with Crippen LogP contribution in [-0.2, 0) is 11.3 Å². The molecule has 1 aromatic rings. The zero-order valence-electron chi connectivity index (χ0n) is 11.8. The smallest absolute Gasteiger partial charge is 0.287 e. The van der Waals surface area contributed by atoms with Crippen LogP contribution in [0.1, 0.15) is 26.2 Å². The van der Waals surface area contributed by atoms with Gasteiger partial charge in [0.05, 0.1) is 25.1 Å². The Kier molecular flexibility index (Phi) is 8.25. The second-order valence-corrected chi connectivity index (χ2v) is 4.75. The van der Waals surface area contributed by atoms with Crippen LogP contribution in [0.2, 0.25) is 5.02 Å². The van der Waals surface area contributed by atoms with Gasteiger partial charge >= 0.3 is 0 Å². The predicted molar refractivity (Wildman–Crippen MR) is 79.4 cm³/mol. The van der Waals surface area contributed by atoms with E-state index in [1.165, 1.54) is 4.68 Å². The molecule has 0 fully saturated rings. The van der Waals surface area contributed by atoms with E-state index >= 15 is 0 Å². The molecule has 0 radical (unpaired) electrons. The van der Waals surface area contributed by atoms with Crippen LogP contribution in [0.15, 0.2) is 11.0 Å². The molecule has 0 saturated heterocycles. The van der Waals surface area contributed by atoms with E-state index in [-0.39, 0.29) is 17.2 Å². The van der Waals surface area contributed by atoms with Gasteiger partial charge in [0, 0.05) is 19.7 Å². The van der Waals surface area contributed by atoms with Crippen molar-refractivity contribution in [2.24, 2.45) is 0 Å². The first-order chi connectivity index (χ1) is 9.70. The van der Waals surface area contributed by atoms with Gasteiger partial charge in [-0.2, -0.15) is 5.10 Å². The molecule has 0 saturated carbocycles. The third-order valence-corrected chi connectivity index (χ3v) is 3.09. The minimum absolute atomic E-state index is 0.0269. The van der Waals surface area contributed by atoms with Crippen LogP contribution in [0.3, 0.4) is 0 Å². The molecule has 0 amide bonds. The second-order valence-electron chi connectivity index (χ2n) is 4.37. The first-order valence-electron chi connectivity index (χ1n) is 6.88. The van der Waals surface area contributed by atoms with Crippen LogP contribution < -0.4 is 10.9 Å². The average Bonchev–Trinajstić information content (AvgIpc) is 2.46. The van der Waals surface area contributed by atoms with Crippen LogP contribution >= 0.6 is 11.6 Å². The van der Waals surface area contributed by atoms with Gasteiger partial charge in [0.1, 0.15) is 5.02 Å². The van der Waals surface area contributed by atoms with Crippen LogP contribution in [0.4, 0.5) is 5.69 Å². The van der Waals surface area contributed by atoms with Crippen molar-refractivity contribution in [3.05, 3.63) is 21.6 Å². The number of hydrogen-bond donors (Lipinski definition) is 2. The van der Waals surface area contributed by atoms with Crippen molar-refractivity contribution in [3.8, 4) is 0 Å². The van der Waals surface area contributed by atoms with Gasteiger partial charge in [-0.3, -0.25) is 4.79 Å². The van der Waals surface area contributed by atoms with E-state index in [9.17, 15) is 4.79 Å². The summed E-state index contributed by atoms with van der Waals surface area (Å²) < 4.78 is 6.52. The molecule has 114 valence electrons. The van der Waals surface area contributed by atoms with E-state index in [4.69, 9.17) is 21.4 Å². The Morgan fingerprint density at radius 2 is 2.25 bits per heavy atom. The molecule has 0 bridgehead atoms. The Hall–Kier alpha value is -1.11.